The van der Waals surface area contributed by atoms with Crippen LogP contribution in [0.25, 0.3) is 6.08 Å². The van der Waals surface area contributed by atoms with Crippen LogP contribution in [0.5, 0.6) is 5.75 Å². The molecule has 0 aliphatic heterocycles. The molecular weight excluding hydrogens is 247 g/mol. The molecule has 0 atom stereocenters. The maximum absolute atomic E-state index is 12.2. The number of aldehydes is 1. The second kappa shape index (κ2) is 5.20. The summed E-state index contributed by atoms with van der Waals surface area (Å²) in [5, 5.41) is 9.72. The highest BCUT2D eigenvalue weighted by Crippen LogP contribution is 2.29. The second-order valence-electron chi connectivity index (χ2n) is 3.96. The first-order valence-electron chi connectivity index (χ1n) is 5.12. The standard InChI is InChI=1S/C12H12F3NO2/c1-7(4-12(13,14)15)3-10-8(2)16-5-9(6-17)11(10)18/h3,5-6H,4H2,1-2H3,(H,16,18)/b7-3+. The first-order chi connectivity index (χ1) is 8.24. The van der Waals surface area contributed by atoms with E-state index in [4.69, 9.17) is 0 Å². The number of hydrogen-bond acceptors (Lipinski definition) is 3. The van der Waals surface area contributed by atoms with E-state index >= 15 is 0 Å². The first-order valence-corrected chi connectivity index (χ1v) is 5.12. The third-order valence-electron chi connectivity index (χ3n) is 2.31. The van der Waals surface area contributed by atoms with Crippen molar-refractivity contribution in [1.29, 1.82) is 0 Å². The van der Waals surface area contributed by atoms with Crippen molar-refractivity contribution < 1.29 is 23.1 Å². The largest absolute Gasteiger partial charge is 0.506 e. The summed E-state index contributed by atoms with van der Waals surface area (Å²) >= 11 is 0. The number of rotatable bonds is 3. The molecule has 6 heteroatoms. The molecule has 18 heavy (non-hydrogen) atoms. The zero-order valence-electron chi connectivity index (χ0n) is 9.88. The smallest absolute Gasteiger partial charge is 0.392 e. The Morgan fingerprint density at radius 2 is 2.11 bits per heavy atom. The van der Waals surface area contributed by atoms with E-state index in [1.165, 1.54) is 19.2 Å². The summed E-state index contributed by atoms with van der Waals surface area (Å²) in [6, 6.07) is 0. The summed E-state index contributed by atoms with van der Waals surface area (Å²) in [5.41, 5.74) is 0.485. The molecule has 0 bridgehead atoms. The van der Waals surface area contributed by atoms with E-state index in [9.17, 15) is 23.1 Å². The molecule has 1 aromatic rings. The van der Waals surface area contributed by atoms with Crippen molar-refractivity contribution in [2.75, 3.05) is 0 Å². The first kappa shape index (κ1) is 14.2. The van der Waals surface area contributed by atoms with Gasteiger partial charge in [0.2, 0.25) is 0 Å². The molecular formula is C12H12F3NO2. The highest BCUT2D eigenvalue weighted by molar-refractivity contribution is 5.82. The van der Waals surface area contributed by atoms with Crippen LogP contribution < -0.4 is 0 Å². The number of aromatic hydroxyl groups is 1. The fourth-order valence-corrected chi connectivity index (χ4v) is 1.50. The Balaban J connectivity index is 3.18. The predicted molar refractivity (Wildman–Crippen MR) is 60.3 cm³/mol. The van der Waals surface area contributed by atoms with E-state index in [1.807, 2.05) is 0 Å². The van der Waals surface area contributed by atoms with E-state index in [2.05, 4.69) is 4.98 Å². The number of pyridine rings is 1. The van der Waals surface area contributed by atoms with Crippen molar-refractivity contribution in [3.8, 4) is 5.75 Å². The lowest BCUT2D eigenvalue weighted by molar-refractivity contribution is -0.126. The summed E-state index contributed by atoms with van der Waals surface area (Å²) in [4.78, 5) is 14.4. The van der Waals surface area contributed by atoms with Gasteiger partial charge >= 0.3 is 6.18 Å². The molecule has 3 nitrogen and oxygen atoms in total. The number of alkyl halides is 3. The van der Waals surface area contributed by atoms with Crippen molar-refractivity contribution in [2.45, 2.75) is 26.4 Å². The molecule has 0 fully saturated rings. The van der Waals surface area contributed by atoms with Crippen LogP contribution in [0, 0.1) is 6.92 Å². The Morgan fingerprint density at radius 1 is 1.50 bits per heavy atom. The molecule has 0 unspecified atom stereocenters. The molecule has 98 valence electrons. The maximum atomic E-state index is 12.2. The molecule has 1 aromatic heterocycles. The summed E-state index contributed by atoms with van der Waals surface area (Å²) in [5.74, 6) is -0.348. The summed E-state index contributed by atoms with van der Waals surface area (Å²) < 4.78 is 36.5. The van der Waals surface area contributed by atoms with Gasteiger partial charge in [0, 0.05) is 17.5 Å². The van der Waals surface area contributed by atoms with E-state index in [0.29, 0.717) is 12.0 Å². The van der Waals surface area contributed by atoms with Crippen molar-refractivity contribution >= 4 is 12.4 Å². The summed E-state index contributed by atoms with van der Waals surface area (Å²) in [7, 11) is 0. The van der Waals surface area contributed by atoms with Crippen LogP contribution in [0.15, 0.2) is 11.8 Å². The maximum Gasteiger partial charge on any atom is 0.392 e. The van der Waals surface area contributed by atoms with Gasteiger partial charge in [-0.05, 0) is 13.8 Å². The van der Waals surface area contributed by atoms with Gasteiger partial charge < -0.3 is 5.11 Å². The fourth-order valence-electron chi connectivity index (χ4n) is 1.50. The van der Waals surface area contributed by atoms with Gasteiger partial charge in [0.1, 0.15) is 5.75 Å². The number of allylic oxidation sites excluding steroid dienone is 1. The lowest BCUT2D eigenvalue weighted by atomic mass is 10.1. The Hall–Kier alpha value is -1.85. The van der Waals surface area contributed by atoms with E-state index in [-0.39, 0.29) is 22.4 Å². The lowest BCUT2D eigenvalue weighted by Crippen LogP contribution is -2.07. The van der Waals surface area contributed by atoms with Crippen LogP contribution >= 0.6 is 0 Å². The molecule has 0 saturated carbocycles. The SMILES string of the molecule is C/C(=C\c1c(C)ncc(C=O)c1O)CC(F)(F)F. The molecule has 1 rings (SSSR count). The predicted octanol–water partition coefficient (Wildman–Crippen LogP) is 3.26. The molecule has 0 aliphatic rings. The highest BCUT2D eigenvalue weighted by Gasteiger charge is 2.27. The van der Waals surface area contributed by atoms with E-state index in [0.717, 1.165) is 0 Å². The quantitative estimate of drug-likeness (QED) is 0.847. The monoisotopic (exact) mass is 259 g/mol. The molecule has 0 radical (unpaired) electrons. The third kappa shape index (κ3) is 3.58. The van der Waals surface area contributed by atoms with Crippen LogP contribution in [0.1, 0.15) is 35.0 Å². The topological polar surface area (TPSA) is 50.2 Å². The van der Waals surface area contributed by atoms with Gasteiger partial charge in [0.25, 0.3) is 0 Å². The molecule has 0 aromatic carbocycles. The van der Waals surface area contributed by atoms with Crippen LogP contribution in [0.3, 0.4) is 0 Å². The second-order valence-corrected chi connectivity index (χ2v) is 3.96. The van der Waals surface area contributed by atoms with Gasteiger partial charge in [-0.15, -0.1) is 0 Å². The Kier molecular flexibility index (Phi) is 4.11. The van der Waals surface area contributed by atoms with Gasteiger partial charge in [-0.2, -0.15) is 13.2 Å². The minimum atomic E-state index is -4.31. The van der Waals surface area contributed by atoms with Crippen LogP contribution in [0.2, 0.25) is 0 Å². The lowest BCUT2D eigenvalue weighted by Gasteiger charge is -2.09. The van der Waals surface area contributed by atoms with Crippen molar-refractivity contribution in [3.05, 3.63) is 28.6 Å². The molecule has 0 spiro atoms. The van der Waals surface area contributed by atoms with Crippen LogP contribution in [-0.2, 0) is 0 Å². The number of aryl methyl sites for hydroxylation is 1. The fraction of sp³-hybridized carbons (Fsp3) is 0.333. The van der Waals surface area contributed by atoms with Crippen LogP contribution in [0.4, 0.5) is 13.2 Å². The normalized spacial score (nSPS) is 12.6. The molecule has 1 N–H and O–H groups in total. The van der Waals surface area contributed by atoms with Gasteiger partial charge in [-0.1, -0.05) is 11.6 Å². The molecule has 0 aliphatic carbocycles. The number of halogens is 3. The number of carbonyl (C=O) groups is 1. The Bertz CT molecular complexity index is 493. The molecule has 0 amide bonds. The van der Waals surface area contributed by atoms with E-state index in [1.54, 1.807) is 6.92 Å². The van der Waals surface area contributed by atoms with Crippen molar-refractivity contribution in [2.24, 2.45) is 0 Å². The van der Waals surface area contributed by atoms with Crippen LogP contribution in [-0.4, -0.2) is 22.6 Å². The molecule has 0 saturated heterocycles. The van der Waals surface area contributed by atoms with Gasteiger partial charge in [-0.25, -0.2) is 0 Å². The average Bonchev–Trinajstić information content (AvgIpc) is 2.22. The van der Waals surface area contributed by atoms with E-state index < -0.39 is 12.6 Å². The number of aromatic nitrogens is 1. The number of carbonyl (C=O) groups excluding carboxylic acids is 1. The average molecular weight is 259 g/mol. The Labute approximate surface area is 102 Å². The minimum Gasteiger partial charge on any atom is -0.506 e. The zero-order valence-corrected chi connectivity index (χ0v) is 9.88. The third-order valence-corrected chi connectivity index (χ3v) is 2.31. The van der Waals surface area contributed by atoms with Crippen molar-refractivity contribution in [3.63, 3.8) is 0 Å². The van der Waals surface area contributed by atoms with Gasteiger partial charge in [-0.3, -0.25) is 9.78 Å². The zero-order chi connectivity index (χ0) is 13.9. The number of nitrogens with zero attached hydrogens (tertiary/aromatic N) is 1. The highest BCUT2D eigenvalue weighted by atomic mass is 19.4. The minimum absolute atomic E-state index is 0.0331. The number of hydrogen-bond donors (Lipinski definition) is 1. The van der Waals surface area contributed by atoms with Crippen molar-refractivity contribution in [1.82, 2.24) is 4.98 Å². The summed E-state index contributed by atoms with van der Waals surface area (Å²) in [6.45, 7) is 2.85. The van der Waals surface area contributed by atoms with Gasteiger partial charge in [0.05, 0.1) is 12.0 Å². The Morgan fingerprint density at radius 3 is 2.61 bits per heavy atom. The van der Waals surface area contributed by atoms with Gasteiger partial charge in [0.15, 0.2) is 6.29 Å². The summed E-state index contributed by atoms with van der Waals surface area (Å²) in [6.07, 6.45) is -2.61. The molecule has 1 heterocycles.